The van der Waals surface area contributed by atoms with Gasteiger partial charge in [0, 0.05) is 18.3 Å². The Balaban J connectivity index is 1.40. The largest absolute Gasteiger partial charge is 0.345 e. The van der Waals surface area contributed by atoms with E-state index in [1.54, 1.807) is 17.4 Å². The summed E-state index contributed by atoms with van der Waals surface area (Å²) in [7, 11) is 0. The van der Waals surface area contributed by atoms with Crippen molar-refractivity contribution in [2.24, 2.45) is 0 Å². The molecule has 1 aliphatic rings. The summed E-state index contributed by atoms with van der Waals surface area (Å²) in [6, 6.07) is 11.9. The summed E-state index contributed by atoms with van der Waals surface area (Å²) in [5, 5.41) is 3.64. The number of carbonyl (C=O) groups excluding carboxylic acids is 1. The smallest absolute Gasteiger partial charge is 0.261 e. The minimum absolute atomic E-state index is 0.139. The summed E-state index contributed by atoms with van der Waals surface area (Å²) in [5.41, 5.74) is 1.58. The number of nitrogens with one attached hydrogen (secondary N) is 2. The van der Waals surface area contributed by atoms with Crippen LogP contribution in [0.2, 0.25) is 0 Å². The van der Waals surface area contributed by atoms with Gasteiger partial charge >= 0.3 is 0 Å². The summed E-state index contributed by atoms with van der Waals surface area (Å²) in [5.74, 6) is -0.374. The van der Waals surface area contributed by atoms with Gasteiger partial charge in [0.25, 0.3) is 11.5 Å². The molecule has 1 saturated heterocycles. The highest BCUT2D eigenvalue weighted by molar-refractivity contribution is 7.18. The minimum atomic E-state index is -0.374. The predicted octanol–water partition coefficient (Wildman–Crippen LogP) is 3.68. The number of benzene rings is 1. The fourth-order valence-corrected chi connectivity index (χ4v) is 4.89. The molecule has 2 N–H and O–H groups in total. The second kappa shape index (κ2) is 8.88. The molecule has 29 heavy (non-hydrogen) atoms. The van der Waals surface area contributed by atoms with Crippen LogP contribution in [0.15, 0.2) is 41.2 Å². The fourth-order valence-electron chi connectivity index (χ4n) is 3.98. The Morgan fingerprint density at radius 2 is 2.14 bits per heavy atom. The lowest BCUT2D eigenvalue weighted by Crippen LogP contribution is -2.39. The van der Waals surface area contributed by atoms with Gasteiger partial charge in [-0.05, 0) is 50.1 Å². The molecule has 1 aliphatic heterocycles. The van der Waals surface area contributed by atoms with Crippen molar-refractivity contribution in [1.29, 1.82) is 0 Å². The first kappa shape index (κ1) is 19.8. The van der Waals surface area contributed by atoms with Gasteiger partial charge in [-0.1, -0.05) is 25.5 Å². The molecule has 4 rings (SSSR count). The molecule has 3 aromatic rings. The van der Waals surface area contributed by atoms with E-state index in [9.17, 15) is 9.59 Å². The highest BCUT2D eigenvalue weighted by Crippen LogP contribution is 2.22. The number of amides is 1. The normalized spacial score (nSPS) is 17.5. The molecule has 0 unspecified atom stereocenters. The molecule has 0 spiro atoms. The van der Waals surface area contributed by atoms with Crippen molar-refractivity contribution >= 4 is 27.5 Å². The van der Waals surface area contributed by atoms with E-state index in [0.29, 0.717) is 12.6 Å². The zero-order valence-corrected chi connectivity index (χ0v) is 17.4. The van der Waals surface area contributed by atoms with Crippen LogP contribution in [0.5, 0.6) is 0 Å². The molecule has 2 aromatic heterocycles. The molecule has 0 radical (unpaired) electrons. The van der Waals surface area contributed by atoms with Gasteiger partial charge in [0.2, 0.25) is 0 Å². The molecule has 0 aliphatic carbocycles. The number of hydrogen-bond donors (Lipinski definition) is 2. The van der Waals surface area contributed by atoms with Gasteiger partial charge in [0.15, 0.2) is 0 Å². The Morgan fingerprint density at radius 1 is 1.28 bits per heavy atom. The number of carbonyl (C=O) groups is 1. The molecule has 0 saturated carbocycles. The summed E-state index contributed by atoms with van der Waals surface area (Å²) in [6.07, 6.45) is 4.82. The van der Waals surface area contributed by atoms with Crippen LogP contribution < -0.4 is 10.9 Å². The highest BCUT2D eigenvalue weighted by atomic mass is 32.1. The van der Waals surface area contributed by atoms with E-state index < -0.39 is 0 Å². The molecule has 0 bridgehead atoms. The summed E-state index contributed by atoms with van der Waals surface area (Å²) in [6.45, 7) is 4.31. The maximum atomic E-state index is 12.5. The predicted molar refractivity (Wildman–Crippen MR) is 116 cm³/mol. The number of likely N-dealkylation sites (tertiary alicyclic amines) is 1. The lowest BCUT2D eigenvalue weighted by molar-refractivity contribution is 0.0949. The molecule has 1 amide bonds. The van der Waals surface area contributed by atoms with E-state index in [0.717, 1.165) is 40.4 Å². The third kappa shape index (κ3) is 4.57. The minimum Gasteiger partial charge on any atom is -0.345 e. The third-order valence-electron chi connectivity index (χ3n) is 5.55. The van der Waals surface area contributed by atoms with Gasteiger partial charge in [0.1, 0.15) is 10.6 Å². The van der Waals surface area contributed by atoms with E-state index in [2.05, 4.69) is 27.1 Å². The summed E-state index contributed by atoms with van der Waals surface area (Å²) in [4.78, 5) is 34.8. The molecule has 7 heteroatoms. The van der Waals surface area contributed by atoms with Crippen LogP contribution in [0.4, 0.5) is 0 Å². The van der Waals surface area contributed by atoms with Crippen molar-refractivity contribution in [2.45, 2.75) is 51.7 Å². The van der Waals surface area contributed by atoms with Gasteiger partial charge in [0.05, 0.1) is 16.8 Å². The first-order chi connectivity index (χ1) is 14.1. The number of nitrogens with zero attached hydrogens (tertiary/aromatic N) is 2. The first-order valence-corrected chi connectivity index (χ1v) is 11.0. The van der Waals surface area contributed by atoms with Gasteiger partial charge in [-0.3, -0.25) is 14.5 Å². The van der Waals surface area contributed by atoms with Crippen molar-refractivity contribution < 1.29 is 4.79 Å². The average Bonchev–Trinajstić information content (AvgIpc) is 3.15. The zero-order valence-electron chi connectivity index (χ0n) is 16.6. The first-order valence-electron chi connectivity index (χ1n) is 10.2. The van der Waals surface area contributed by atoms with Crippen LogP contribution in [0.25, 0.3) is 10.2 Å². The standard InChI is InChI=1S/C22H26N4O2S/c1-2-16-7-5-6-12-26(16)14-15-10-11-17(22(28)24-15)21(27)23-13-20-25-18-8-3-4-9-19(18)29-20/h3-4,8-11,16H,2,5-7,12-14H2,1H3,(H,23,27)(H,24,28)/t16-/m0/s1. The van der Waals surface area contributed by atoms with Crippen molar-refractivity contribution in [3.63, 3.8) is 0 Å². The number of hydrogen-bond acceptors (Lipinski definition) is 5. The zero-order chi connectivity index (χ0) is 20.2. The number of aromatic amines is 1. The molecule has 152 valence electrons. The Bertz CT molecular complexity index is 1030. The number of piperidine rings is 1. The molecule has 1 aromatic carbocycles. The second-order valence-corrected chi connectivity index (χ2v) is 8.63. The van der Waals surface area contributed by atoms with E-state index >= 15 is 0 Å². The van der Waals surface area contributed by atoms with E-state index in [1.165, 1.54) is 19.3 Å². The highest BCUT2D eigenvalue weighted by Gasteiger charge is 2.21. The average molecular weight is 411 g/mol. The molecule has 6 nitrogen and oxygen atoms in total. The molecule has 1 atom stereocenters. The molecule has 3 heterocycles. The number of rotatable bonds is 6. The van der Waals surface area contributed by atoms with Gasteiger partial charge in [-0.25, -0.2) is 4.98 Å². The molecular weight excluding hydrogens is 384 g/mol. The SMILES string of the molecule is CC[C@H]1CCCCN1Cc1ccc(C(=O)NCc2nc3ccccc3s2)c(=O)[nH]1. The van der Waals surface area contributed by atoms with Crippen molar-refractivity contribution in [1.82, 2.24) is 20.2 Å². The van der Waals surface area contributed by atoms with Crippen LogP contribution >= 0.6 is 11.3 Å². The number of H-pyrrole nitrogens is 1. The quantitative estimate of drug-likeness (QED) is 0.650. The number of aromatic nitrogens is 2. The van der Waals surface area contributed by atoms with Crippen molar-refractivity contribution in [3.05, 3.63) is 63.0 Å². The number of fused-ring (bicyclic) bond motifs is 1. The number of para-hydroxylation sites is 1. The maximum absolute atomic E-state index is 12.5. The molecular formula is C22H26N4O2S. The van der Waals surface area contributed by atoms with Crippen LogP contribution in [0.3, 0.4) is 0 Å². The number of thiazole rings is 1. The Morgan fingerprint density at radius 3 is 2.93 bits per heavy atom. The van der Waals surface area contributed by atoms with Crippen molar-refractivity contribution in [3.8, 4) is 0 Å². The monoisotopic (exact) mass is 410 g/mol. The van der Waals surface area contributed by atoms with Crippen LogP contribution in [0.1, 0.15) is 53.7 Å². The second-order valence-electron chi connectivity index (χ2n) is 7.51. The Hall–Kier alpha value is -2.51. The summed E-state index contributed by atoms with van der Waals surface area (Å²) >= 11 is 1.55. The Kier molecular flexibility index (Phi) is 6.06. The van der Waals surface area contributed by atoms with E-state index in [-0.39, 0.29) is 17.0 Å². The van der Waals surface area contributed by atoms with E-state index in [1.807, 2.05) is 30.3 Å². The fraction of sp³-hybridized carbons (Fsp3) is 0.409. The number of pyridine rings is 1. The lowest BCUT2D eigenvalue weighted by Gasteiger charge is -2.35. The maximum Gasteiger partial charge on any atom is 0.261 e. The van der Waals surface area contributed by atoms with Crippen LogP contribution in [-0.2, 0) is 13.1 Å². The van der Waals surface area contributed by atoms with E-state index in [4.69, 9.17) is 0 Å². The van der Waals surface area contributed by atoms with Gasteiger partial charge < -0.3 is 10.3 Å². The third-order valence-corrected chi connectivity index (χ3v) is 6.58. The lowest BCUT2D eigenvalue weighted by atomic mass is 10.00. The van der Waals surface area contributed by atoms with Crippen LogP contribution in [0, 0.1) is 0 Å². The summed E-state index contributed by atoms with van der Waals surface area (Å²) < 4.78 is 1.09. The van der Waals surface area contributed by atoms with Gasteiger partial charge in [-0.2, -0.15) is 0 Å². The van der Waals surface area contributed by atoms with Crippen molar-refractivity contribution in [2.75, 3.05) is 6.54 Å². The Labute approximate surface area is 174 Å². The van der Waals surface area contributed by atoms with Crippen LogP contribution in [-0.4, -0.2) is 33.4 Å². The van der Waals surface area contributed by atoms with Gasteiger partial charge in [-0.15, -0.1) is 11.3 Å². The topological polar surface area (TPSA) is 78.1 Å². The molecule has 1 fully saturated rings.